The minimum Gasteiger partial charge on any atom is -0.325 e. The molecule has 0 atom stereocenters. The summed E-state index contributed by atoms with van der Waals surface area (Å²) in [5.41, 5.74) is 1.43. The standard InChI is InChI=1S/C17H16ClNO2/c1-11(2)17(21)19-15-9-8-13(18)10-14(15)16(20)12-6-4-3-5-7-12/h3-11H,1-2H3,(H,19,21). The fraction of sp³-hybridized carbons (Fsp3) is 0.176. The van der Waals surface area contributed by atoms with E-state index in [0.717, 1.165) is 0 Å². The van der Waals surface area contributed by atoms with Gasteiger partial charge in [-0.1, -0.05) is 55.8 Å². The van der Waals surface area contributed by atoms with E-state index < -0.39 is 0 Å². The second-order valence-electron chi connectivity index (χ2n) is 5.03. The molecule has 21 heavy (non-hydrogen) atoms. The fourth-order valence-corrected chi connectivity index (χ4v) is 2.01. The fourth-order valence-electron chi connectivity index (χ4n) is 1.84. The monoisotopic (exact) mass is 301 g/mol. The number of benzene rings is 2. The zero-order chi connectivity index (χ0) is 15.4. The highest BCUT2D eigenvalue weighted by Gasteiger charge is 2.16. The lowest BCUT2D eigenvalue weighted by Gasteiger charge is -2.12. The van der Waals surface area contributed by atoms with Gasteiger partial charge >= 0.3 is 0 Å². The average Bonchev–Trinajstić information content (AvgIpc) is 2.49. The van der Waals surface area contributed by atoms with Crippen LogP contribution in [0.25, 0.3) is 0 Å². The minimum atomic E-state index is -0.169. The van der Waals surface area contributed by atoms with Crippen LogP contribution in [0, 0.1) is 5.92 Å². The summed E-state index contributed by atoms with van der Waals surface area (Å²) in [6.07, 6.45) is 0. The number of nitrogens with one attached hydrogen (secondary N) is 1. The van der Waals surface area contributed by atoms with Gasteiger partial charge in [0.05, 0.1) is 5.69 Å². The SMILES string of the molecule is CC(C)C(=O)Nc1ccc(Cl)cc1C(=O)c1ccccc1. The summed E-state index contributed by atoms with van der Waals surface area (Å²) >= 11 is 5.98. The normalized spacial score (nSPS) is 10.5. The first-order chi connectivity index (χ1) is 9.99. The number of hydrogen-bond acceptors (Lipinski definition) is 2. The summed E-state index contributed by atoms with van der Waals surface area (Å²) in [6, 6.07) is 13.8. The molecule has 0 spiro atoms. The van der Waals surface area contributed by atoms with Crippen molar-refractivity contribution < 1.29 is 9.59 Å². The van der Waals surface area contributed by atoms with E-state index in [9.17, 15) is 9.59 Å². The predicted octanol–water partition coefficient (Wildman–Crippen LogP) is 4.17. The molecule has 0 unspecified atom stereocenters. The van der Waals surface area contributed by atoms with Crippen molar-refractivity contribution in [3.63, 3.8) is 0 Å². The van der Waals surface area contributed by atoms with Gasteiger partial charge in [0, 0.05) is 22.1 Å². The largest absolute Gasteiger partial charge is 0.325 e. The minimum absolute atomic E-state index is 0.139. The van der Waals surface area contributed by atoms with Gasteiger partial charge in [0.25, 0.3) is 0 Å². The molecule has 0 saturated carbocycles. The summed E-state index contributed by atoms with van der Waals surface area (Å²) in [5.74, 6) is -0.475. The van der Waals surface area contributed by atoms with E-state index in [0.29, 0.717) is 21.8 Å². The molecular weight excluding hydrogens is 286 g/mol. The molecule has 0 aliphatic rings. The van der Waals surface area contributed by atoms with Crippen LogP contribution in [-0.4, -0.2) is 11.7 Å². The van der Waals surface area contributed by atoms with Gasteiger partial charge in [-0.25, -0.2) is 0 Å². The molecule has 0 radical (unpaired) electrons. The topological polar surface area (TPSA) is 46.2 Å². The highest BCUT2D eigenvalue weighted by atomic mass is 35.5. The number of carbonyl (C=O) groups is 2. The summed E-state index contributed by atoms with van der Waals surface area (Å²) in [7, 11) is 0. The highest BCUT2D eigenvalue weighted by Crippen LogP contribution is 2.24. The molecular formula is C17H16ClNO2. The summed E-state index contributed by atoms with van der Waals surface area (Å²) in [4.78, 5) is 24.4. The second-order valence-corrected chi connectivity index (χ2v) is 5.47. The van der Waals surface area contributed by atoms with Gasteiger partial charge in [0.2, 0.25) is 5.91 Å². The van der Waals surface area contributed by atoms with Crippen LogP contribution < -0.4 is 5.32 Å². The summed E-state index contributed by atoms with van der Waals surface area (Å²) in [5, 5.41) is 3.22. The average molecular weight is 302 g/mol. The smallest absolute Gasteiger partial charge is 0.226 e. The van der Waals surface area contributed by atoms with Gasteiger partial charge in [-0.2, -0.15) is 0 Å². The van der Waals surface area contributed by atoms with Crippen LogP contribution in [-0.2, 0) is 4.79 Å². The zero-order valence-electron chi connectivity index (χ0n) is 11.9. The third-order valence-corrected chi connectivity index (χ3v) is 3.28. The van der Waals surface area contributed by atoms with E-state index in [1.54, 1.807) is 56.3 Å². The Morgan fingerprint density at radius 1 is 1.05 bits per heavy atom. The van der Waals surface area contributed by atoms with Crippen LogP contribution in [0.1, 0.15) is 29.8 Å². The molecule has 2 aromatic carbocycles. The lowest BCUT2D eigenvalue weighted by molar-refractivity contribution is -0.118. The van der Waals surface area contributed by atoms with Crippen LogP contribution in [0.15, 0.2) is 48.5 Å². The predicted molar refractivity (Wildman–Crippen MR) is 84.8 cm³/mol. The van der Waals surface area contributed by atoms with Crippen molar-refractivity contribution in [2.45, 2.75) is 13.8 Å². The third-order valence-electron chi connectivity index (χ3n) is 3.04. The van der Waals surface area contributed by atoms with Crippen molar-refractivity contribution in [3.05, 3.63) is 64.7 Å². The quantitative estimate of drug-likeness (QED) is 0.862. The molecule has 0 bridgehead atoms. The van der Waals surface area contributed by atoms with Gasteiger partial charge in [0.1, 0.15) is 0 Å². The van der Waals surface area contributed by atoms with Crippen molar-refractivity contribution in [1.82, 2.24) is 0 Å². The lowest BCUT2D eigenvalue weighted by atomic mass is 10.0. The molecule has 4 heteroatoms. The molecule has 0 fully saturated rings. The van der Waals surface area contributed by atoms with Gasteiger partial charge in [-0.05, 0) is 18.2 Å². The number of halogens is 1. The number of anilines is 1. The van der Waals surface area contributed by atoms with Gasteiger partial charge in [-0.15, -0.1) is 0 Å². The molecule has 2 rings (SSSR count). The highest BCUT2D eigenvalue weighted by molar-refractivity contribution is 6.31. The zero-order valence-corrected chi connectivity index (χ0v) is 12.6. The van der Waals surface area contributed by atoms with Crippen LogP contribution >= 0.6 is 11.6 Å². The molecule has 1 amide bonds. The van der Waals surface area contributed by atoms with Gasteiger partial charge in [-0.3, -0.25) is 9.59 Å². The first kappa shape index (κ1) is 15.3. The molecule has 0 saturated heterocycles. The Hall–Kier alpha value is -2.13. The molecule has 1 N–H and O–H groups in total. The molecule has 108 valence electrons. The Morgan fingerprint density at radius 3 is 2.33 bits per heavy atom. The number of amides is 1. The number of rotatable bonds is 4. The maximum Gasteiger partial charge on any atom is 0.226 e. The Kier molecular flexibility index (Phi) is 4.76. The van der Waals surface area contributed by atoms with Crippen molar-refractivity contribution in [2.24, 2.45) is 5.92 Å². The van der Waals surface area contributed by atoms with E-state index >= 15 is 0 Å². The summed E-state index contributed by atoms with van der Waals surface area (Å²) < 4.78 is 0. The van der Waals surface area contributed by atoms with E-state index in [4.69, 9.17) is 11.6 Å². The first-order valence-corrected chi connectivity index (χ1v) is 7.07. The number of ketones is 1. The van der Waals surface area contributed by atoms with E-state index in [1.807, 2.05) is 6.07 Å². The number of hydrogen-bond donors (Lipinski definition) is 1. The maximum atomic E-state index is 12.6. The molecule has 3 nitrogen and oxygen atoms in total. The second kappa shape index (κ2) is 6.55. The van der Waals surface area contributed by atoms with E-state index in [2.05, 4.69) is 5.32 Å². The third kappa shape index (κ3) is 3.70. The maximum absolute atomic E-state index is 12.6. The van der Waals surface area contributed by atoms with Crippen molar-refractivity contribution in [1.29, 1.82) is 0 Å². The van der Waals surface area contributed by atoms with E-state index in [-0.39, 0.29) is 17.6 Å². The van der Waals surface area contributed by atoms with Crippen molar-refractivity contribution in [2.75, 3.05) is 5.32 Å². The number of carbonyl (C=O) groups excluding carboxylic acids is 2. The summed E-state index contributed by atoms with van der Waals surface area (Å²) in [6.45, 7) is 3.59. The Bertz CT molecular complexity index is 666. The van der Waals surface area contributed by atoms with Crippen LogP contribution in [0.5, 0.6) is 0 Å². The Morgan fingerprint density at radius 2 is 1.71 bits per heavy atom. The van der Waals surface area contributed by atoms with Gasteiger partial charge < -0.3 is 5.32 Å². The molecule has 0 heterocycles. The molecule has 0 aromatic heterocycles. The van der Waals surface area contributed by atoms with Crippen molar-refractivity contribution >= 4 is 29.0 Å². The Balaban J connectivity index is 2.40. The van der Waals surface area contributed by atoms with Crippen LogP contribution in [0.3, 0.4) is 0 Å². The van der Waals surface area contributed by atoms with Gasteiger partial charge in [0.15, 0.2) is 5.78 Å². The van der Waals surface area contributed by atoms with Crippen LogP contribution in [0.2, 0.25) is 5.02 Å². The molecule has 0 aliphatic carbocycles. The lowest BCUT2D eigenvalue weighted by Crippen LogP contribution is -2.19. The molecule has 0 aliphatic heterocycles. The van der Waals surface area contributed by atoms with E-state index in [1.165, 1.54) is 0 Å². The van der Waals surface area contributed by atoms with Crippen molar-refractivity contribution in [3.8, 4) is 0 Å². The Labute approximate surface area is 128 Å². The first-order valence-electron chi connectivity index (χ1n) is 6.69. The van der Waals surface area contributed by atoms with Crippen LogP contribution in [0.4, 0.5) is 5.69 Å². The molecule has 2 aromatic rings.